The van der Waals surface area contributed by atoms with Crippen LogP contribution in [0.4, 0.5) is 5.82 Å². The van der Waals surface area contributed by atoms with E-state index in [2.05, 4.69) is 20.7 Å². The van der Waals surface area contributed by atoms with Crippen LogP contribution in [0.1, 0.15) is 35.5 Å². The summed E-state index contributed by atoms with van der Waals surface area (Å²) in [5.41, 5.74) is 8.75. The van der Waals surface area contributed by atoms with Gasteiger partial charge in [0.05, 0.1) is 5.69 Å². The maximum atomic E-state index is 11.8. The molecule has 1 aliphatic heterocycles. The summed E-state index contributed by atoms with van der Waals surface area (Å²) in [6.07, 6.45) is 2.73. The molecule has 3 rings (SSSR count). The van der Waals surface area contributed by atoms with Crippen LogP contribution in [0.3, 0.4) is 0 Å². The fourth-order valence-electron chi connectivity index (χ4n) is 2.20. The Bertz CT molecular complexity index is 633. The second-order valence-electron chi connectivity index (χ2n) is 4.25. The van der Waals surface area contributed by atoms with Gasteiger partial charge in [0.25, 0.3) is 5.91 Å². The number of hydrogen-bond donors (Lipinski definition) is 3. The van der Waals surface area contributed by atoms with E-state index in [1.54, 1.807) is 11.6 Å². The summed E-state index contributed by atoms with van der Waals surface area (Å²) in [6.45, 7) is 5.67. The van der Waals surface area contributed by atoms with Gasteiger partial charge in [0, 0.05) is 38.3 Å². The number of carbonyl (C=O) groups is 1. The summed E-state index contributed by atoms with van der Waals surface area (Å²) < 4.78 is 1.58. The Hall–Kier alpha value is -2.15. The Labute approximate surface area is 117 Å². The Morgan fingerprint density at radius 2 is 2.25 bits per heavy atom. The molecule has 0 fully saturated rings. The molecule has 1 aliphatic rings. The van der Waals surface area contributed by atoms with Crippen molar-refractivity contribution in [1.29, 1.82) is 0 Å². The van der Waals surface area contributed by atoms with Crippen molar-refractivity contribution >= 4 is 17.4 Å². The van der Waals surface area contributed by atoms with Gasteiger partial charge in [-0.15, -0.1) is 5.10 Å². The van der Waals surface area contributed by atoms with Crippen LogP contribution in [0.5, 0.6) is 0 Å². The highest BCUT2D eigenvalue weighted by Crippen LogP contribution is 2.19. The van der Waals surface area contributed by atoms with Gasteiger partial charge < -0.3 is 16.4 Å². The van der Waals surface area contributed by atoms with Crippen molar-refractivity contribution in [3.8, 4) is 0 Å². The number of hydrogen-bond acceptors (Lipinski definition) is 5. The highest BCUT2D eigenvalue weighted by Gasteiger charge is 2.20. The fraction of sp³-hybridized carbons (Fsp3) is 0.462. The van der Waals surface area contributed by atoms with Gasteiger partial charge >= 0.3 is 0 Å². The van der Waals surface area contributed by atoms with E-state index in [1.807, 2.05) is 20.0 Å². The average Bonchev–Trinajstić information content (AvgIpc) is 2.81. The second kappa shape index (κ2) is 5.87. The van der Waals surface area contributed by atoms with Crippen molar-refractivity contribution in [3.05, 3.63) is 23.0 Å². The summed E-state index contributed by atoms with van der Waals surface area (Å²) in [6, 6.07) is 0. The van der Waals surface area contributed by atoms with Crippen LogP contribution in [0, 0.1) is 0 Å². The molecule has 7 heteroatoms. The van der Waals surface area contributed by atoms with E-state index in [-0.39, 0.29) is 11.7 Å². The molecule has 4 N–H and O–H groups in total. The monoisotopic (exact) mass is 276 g/mol. The standard InChI is InChI=1S/C11H14N6O.C2H6/c1-13-11(18)8-9(12)16-17-5-6-4-14-3-2-7(6)15-10(8)17;1-2/h5,14H,2-4H2,1H3,(H2,12,16)(H,13,18);1-2H3. The lowest BCUT2D eigenvalue weighted by Gasteiger charge is -2.15. The van der Waals surface area contributed by atoms with Crippen LogP contribution in [-0.2, 0) is 13.0 Å². The summed E-state index contributed by atoms with van der Waals surface area (Å²) in [5, 5.41) is 9.96. The number of nitrogen functional groups attached to an aromatic ring is 1. The van der Waals surface area contributed by atoms with Crippen LogP contribution in [0.2, 0.25) is 0 Å². The lowest BCUT2D eigenvalue weighted by molar-refractivity contribution is 0.0965. The van der Waals surface area contributed by atoms with Crippen LogP contribution in [-0.4, -0.2) is 34.1 Å². The molecule has 0 bridgehead atoms. The Balaban J connectivity index is 0.000000704. The molecular weight excluding hydrogens is 256 g/mol. The first-order valence-corrected chi connectivity index (χ1v) is 6.80. The predicted molar refractivity (Wildman–Crippen MR) is 77.5 cm³/mol. The van der Waals surface area contributed by atoms with Gasteiger partial charge in [-0.2, -0.15) is 0 Å². The summed E-state index contributed by atoms with van der Waals surface area (Å²) in [4.78, 5) is 16.3. The topological polar surface area (TPSA) is 97.3 Å². The molecular formula is C13H20N6O. The maximum absolute atomic E-state index is 11.8. The molecule has 0 aliphatic carbocycles. The SMILES string of the molecule is CC.CNC(=O)c1c(N)nn2cc3c(nc12)CCNC3. The number of amides is 1. The molecule has 3 heterocycles. The first-order valence-electron chi connectivity index (χ1n) is 6.80. The average molecular weight is 276 g/mol. The van der Waals surface area contributed by atoms with Crippen LogP contribution in [0.25, 0.3) is 5.65 Å². The van der Waals surface area contributed by atoms with E-state index in [4.69, 9.17) is 5.73 Å². The van der Waals surface area contributed by atoms with Crippen molar-refractivity contribution in [3.63, 3.8) is 0 Å². The zero-order chi connectivity index (χ0) is 14.7. The van der Waals surface area contributed by atoms with Gasteiger partial charge in [-0.05, 0) is 0 Å². The highest BCUT2D eigenvalue weighted by atomic mass is 16.1. The first-order chi connectivity index (χ1) is 9.70. The van der Waals surface area contributed by atoms with Crippen molar-refractivity contribution in [2.75, 3.05) is 19.3 Å². The molecule has 20 heavy (non-hydrogen) atoms. The molecule has 0 saturated heterocycles. The minimum atomic E-state index is -0.260. The molecule has 7 nitrogen and oxygen atoms in total. The van der Waals surface area contributed by atoms with Gasteiger partial charge in [0.1, 0.15) is 5.56 Å². The number of anilines is 1. The van der Waals surface area contributed by atoms with Gasteiger partial charge in [-0.3, -0.25) is 4.79 Å². The molecule has 1 amide bonds. The lowest BCUT2D eigenvalue weighted by atomic mass is 10.1. The number of rotatable bonds is 1. The molecule has 0 unspecified atom stereocenters. The maximum Gasteiger partial charge on any atom is 0.258 e. The van der Waals surface area contributed by atoms with Crippen molar-refractivity contribution in [2.24, 2.45) is 0 Å². The molecule has 108 valence electrons. The number of nitrogens with two attached hydrogens (primary N) is 1. The third-order valence-electron chi connectivity index (χ3n) is 3.11. The minimum Gasteiger partial charge on any atom is -0.381 e. The molecule has 0 atom stereocenters. The van der Waals surface area contributed by atoms with E-state index in [0.29, 0.717) is 11.2 Å². The van der Waals surface area contributed by atoms with Gasteiger partial charge in [-0.25, -0.2) is 9.50 Å². The molecule has 2 aromatic rings. The van der Waals surface area contributed by atoms with Crippen LogP contribution < -0.4 is 16.4 Å². The van der Waals surface area contributed by atoms with Crippen molar-refractivity contribution in [1.82, 2.24) is 25.2 Å². The summed E-state index contributed by atoms with van der Waals surface area (Å²) in [5.74, 6) is -0.0546. The largest absolute Gasteiger partial charge is 0.381 e. The zero-order valence-electron chi connectivity index (χ0n) is 12.0. The zero-order valence-corrected chi connectivity index (χ0v) is 12.0. The van der Waals surface area contributed by atoms with Crippen molar-refractivity contribution in [2.45, 2.75) is 26.8 Å². The van der Waals surface area contributed by atoms with Crippen LogP contribution in [0.15, 0.2) is 6.20 Å². The fourth-order valence-corrected chi connectivity index (χ4v) is 2.20. The molecule has 0 spiro atoms. The van der Waals surface area contributed by atoms with Crippen LogP contribution >= 0.6 is 0 Å². The van der Waals surface area contributed by atoms with E-state index < -0.39 is 0 Å². The highest BCUT2D eigenvalue weighted by molar-refractivity contribution is 6.04. The van der Waals surface area contributed by atoms with E-state index in [9.17, 15) is 4.79 Å². The Morgan fingerprint density at radius 3 is 2.95 bits per heavy atom. The lowest BCUT2D eigenvalue weighted by Crippen LogP contribution is -2.25. The van der Waals surface area contributed by atoms with E-state index >= 15 is 0 Å². The Morgan fingerprint density at radius 1 is 1.50 bits per heavy atom. The third kappa shape index (κ3) is 2.32. The molecule has 0 aromatic carbocycles. The normalized spacial score (nSPS) is 13.3. The predicted octanol–water partition coefficient (Wildman–Crippen LogP) is 0.343. The number of aromatic nitrogens is 3. The number of nitrogens with one attached hydrogen (secondary N) is 2. The van der Waals surface area contributed by atoms with E-state index in [0.717, 1.165) is 30.8 Å². The van der Waals surface area contributed by atoms with Gasteiger partial charge in [0.2, 0.25) is 0 Å². The number of fused-ring (bicyclic) bond motifs is 2. The van der Waals surface area contributed by atoms with Gasteiger partial charge in [0.15, 0.2) is 11.5 Å². The quantitative estimate of drug-likeness (QED) is 0.698. The van der Waals surface area contributed by atoms with Gasteiger partial charge in [-0.1, -0.05) is 13.8 Å². The molecule has 0 radical (unpaired) electrons. The minimum absolute atomic E-state index is 0.206. The first kappa shape index (κ1) is 14.3. The third-order valence-corrected chi connectivity index (χ3v) is 3.11. The molecule has 2 aromatic heterocycles. The Kier molecular flexibility index (Phi) is 4.19. The summed E-state index contributed by atoms with van der Waals surface area (Å²) in [7, 11) is 1.56. The summed E-state index contributed by atoms with van der Waals surface area (Å²) >= 11 is 0. The molecule has 0 saturated carbocycles. The number of carbonyl (C=O) groups excluding carboxylic acids is 1. The number of nitrogens with zero attached hydrogens (tertiary/aromatic N) is 3. The van der Waals surface area contributed by atoms with E-state index in [1.165, 1.54) is 0 Å². The van der Waals surface area contributed by atoms with Crippen molar-refractivity contribution < 1.29 is 4.79 Å². The second-order valence-corrected chi connectivity index (χ2v) is 4.25. The smallest absolute Gasteiger partial charge is 0.258 e.